The SMILES string of the molecule is COCCCNC(=O)CN1CCN(C(=O)C(CCSC)NC(=O)c2cccc(C)c2)CC1. The van der Waals surface area contributed by atoms with Gasteiger partial charge < -0.3 is 20.3 Å². The number of hydrogen-bond donors (Lipinski definition) is 2. The Labute approximate surface area is 195 Å². The van der Waals surface area contributed by atoms with Crippen LogP contribution in [0.25, 0.3) is 0 Å². The van der Waals surface area contributed by atoms with Crippen molar-refractivity contribution in [2.45, 2.75) is 25.8 Å². The van der Waals surface area contributed by atoms with E-state index in [-0.39, 0.29) is 17.7 Å². The van der Waals surface area contributed by atoms with E-state index in [1.165, 1.54) is 0 Å². The molecule has 0 radical (unpaired) electrons. The molecule has 32 heavy (non-hydrogen) atoms. The number of benzene rings is 1. The van der Waals surface area contributed by atoms with E-state index in [4.69, 9.17) is 4.74 Å². The Kier molecular flexibility index (Phi) is 11.5. The molecule has 1 unspecified atom stereocenters. The Hall–Kier alpha value is -2.10. The van der Waals surface area contributed by atoms with Crippen LogP contribution in [0, 0.1) is 6.92 Å². The van der Waals surface area contributed by atoms with Crippen molar-refractivity contribution < 1.29 is 19.1 Å². The van der Waals surface area contributed by atoms with Crippen LogP contribution in [0.1, 0.15) is 28.8 Å². The monoisotopic (exact) mass is 464 g/mol. The lowest BCUT2D eigenvalue weighted by Gasteiger charge is -2.36. The van der Waals surface area contributed by atoms with Crippen LogP contribution in [-0.4, -0.2) is 98.6 Å². The van der Waals surface area contributed by atoms with Crippen LogP contribution >= 0.6 is 11.8 Å². The van der Waals surface area contributed by atoms with Gasteiger partial charge in [-0.3, -0.25) is 19.3 Å². The zero-order chi connectivity index (χ0) is 23.3. The molecule has 1 fully saturated rings. The lowest BCUT2D eigenvalue weighted by Crippen LogP contribution is -2.56. The largest absolute Gasteiger partial charge is 0.385 e. The predicted molar refractivity (Wildman–Crippen MR) is 128 cm³/mol. The number of methoxy groups -OCH3 is 1. The third-order valence-corrected chi connectivity index (χ3v) is 6.04. The number of amides is 3. The summed E-state index contributed by atoms with van der Waals surface area (Å²) in [5, 5.41) is 5.83. The van der Waals surface area contributed by atoms with Crippen molar-refractivity contribution in [2.24, 2.45) is 0 Å². The predicted octanol–water partition coefficient (Wildman–Crippen LogP) is 1.14. The highest BCUT2D eigenvalue weighted by Crippen LogP contribution is 2.11. The summed E-state index contributed by atoms with van der Waals surface area (Å²) in [6.07, 6.45) is 3.36. The Bertz CT molecular complexity index is 753. The van der Waals surface area contributed by atoms with Crippen molar-refractivity contribution in [3.05, 3.63) is 35.4 Å². The van der Waals surface area contributed by atoms with Gasteiger partial charge in [-0.25, -0.2) is 0 Å². The third-order valence-electron chi connectivity index (χ3n) is 5.39. The number of piperazine rings is 1. The molecule has 2 rings (SSSR count). The van der Waals surface area contributed by atoms with E-state index in [0.29, 0.717) is 57.9 Å². The number of ether oxygens (including phenoxy) is 1. The highest BCUT2D eigenvalue weighted by atomic mass is 32.2. The van der Waals surface area contributed by atoms with Crippen LogP contribution in [0.5, 0.6) is 0 Å². The van der Waals surface area contributed by atoms with Crippen molar-refractivity contribution >= 4 is 29.5 Å². The minimum atomic E-state index is -0.550. The van der Waals surface area contributed by atoms with Crippen molar-refractivity contribution in [2.75, 3.05) is 65.0 Å². The van der Waals surface area contributed by atoms with E-state index in [2.05, 4.69) is 15.5 Å². The molecule has 1 aliphatic heterocycles. The second-order valence-corrected chi connectivity index (χ2v) is 8.96. The first kappa shape index (κ1) is 26.2. The van der Waals surface area contributed by atoms with Gasteiger partial charge in [-0.1, -0.05) is 17.7 Å². The van der Waals surface area contributed by atoms with Gasteiger partial charge in [0.1, 0.15) is 6.04 Å². The van der Waals surface area contributed by atoms with E-state index < -0.39 is 6.04 Å². The smallest absolute Gasteiger partial charge is 0.251 e. The standard InChI is InChI=1S/C23H36N4O4S/c1-18-6-4-7-19(16-18)22(29)25-20(8-15-32-3)23(30)27-12-10-26(11-13-27)17-21(28)24-9-5-14-31-2/h4,6-7,16,20H,5,8-15,17H2,1-3H3,(H,24,28)(H,25,29). The molecule has 0 aliphatic carbocycles. The lowest BCUT2D eigenvalue weighted by atomic mass is 10.1. The van der Waals surface area contributed by atoms with Gasteiger partial charge in [0.05, 0.1) is 6.54 Å². The van der Waals surface area contributed by atoms with Gasteiger partial charge in [-0.15, -0.1) is 0 Å². The first-order chi connectivity index (χ1) is 15.4. The minimum Gasteiger partial charge on any atom is -0.385 e. The lowest BCUT2D eigenvalue weighted by molar-refractivity contribution is -0.135. The van der Waals surface area contributed by atoms with E-state index in [0.717, 1.165) is 17.7 Å². The second kappa shape index (κ2) is 14.1. The third kappa shape index (κ3) is 8.80. The Morgan fingerprint density at radius 2 is 1.94 bits per heavy atom. The summed E-state index contributed by atoms with van der Waals surface area (Å²) in [7, 11) is 1.64. The molecular weight excluding hydrogens is 428 g/mol. The van der Waals surface area contributed by atoms with E-state index in [1.807, 2.05) is 31.4 Å². The van der Waals surface area contributed by atoms with Gasteiger partial charge in [0.25, 0.3) is 5.91 Å². The fraction of sp³-hybridized carbons (Fsp3) is 0.609. The summed E-state index contributed by atoms with van der Waals surface area (Å²) in [5.74, 6) is 0.498. The Balaban J connectivity index is 1.85. The number of carbonyl (C=O) groups excluding carboxylic acids is 3. The van der Waals surface area contributed by atoms with Crippen molar-refractivity contribution in [3.63, 3.8) is 0 Å². The first-order valence-corrected chi connectivity index (χ1v) is 12.5. The van der Waals surface area contributed by atoms with Crippen LogP contribution in [0.4, 0.5) is 0 Å². The summed E-state index contributed by atoms with van der Waals surface area (Å²) < 4.78 is 4.98. The molecule has 178 valence electrons. The number of aryl methyl sites for hydroxylation is 1. The van der Waals surface area contributed by atoms with Crippen molar-refractivity contribution in [1.82, 2.24) is 20.4 Å². The van der Waals surface area contributed by atoms with Crippen LogP contribution < -0.4 is 10.6 Å². The number of hydrogen-bond acceptors (Lipinski definition) is 6. The molecule has 1 heterocycles. The molecule has 2 N–H and O–H groups in total. The van der Waals surface area contributed by atoms with Gasteiger partial charge in [0, 0.05) is 52.0 Å². The molecule has 1 saturated heterocycles. The van der Waals surface area contributed by atoms with E-state index in [1.54, 1.807) is 29.8 Å². The minimum absolute atomic E-state index is 0.0101. The molecule has 0 aromatic heterocycles. The maximum Gasteiger partial charge on any atom is 0.251 e. The highest BCUT2D eigenvalue weighted by Gasteiger charge is 2.29. The Morgan fingerprint density at radius 3 is 2.59 bits per heavy atom. The number of thioether (sulfide) groups is 1. The number of rotatable bonds is 12. The second-order valence-electron chi connectivity index (χ2n) is 7.97. The Morgan fingerprint density at radius 1 is 1.19 bits per heavy atom. The summed E-state index contributed by atoms with van der Waals surface area (Å²) in [4.78, 5) is 41.8. The molecule has 3 amide bonds. The molecule has 9 heteroatoms. The summed E-state index contributed by atoms with van der Waals surface area (Å²) in [6, 6.07) is 6.82. The molecule has 0 saturated carbocycles. The fourth-order valence-electron chi connectivity index (χ4n) is 3.57. The van der Waals surface area contributed by atoms with Crippen molar-refractivity contribution in [3.8, 4) is 0 Å². The first-order valence-electron chi connectivity index (χ1n) is 11.1. The average Bonchev–Trinajstić information content (AvgIpc) is 2.79. The van der Waals surface area contributed by atoms with Crippen LogP contribution in [-0.2, 0) is 14.3 Å². The van der Waals surface area contributed by atoms with E-state index >= 15 is 0 Å². The van der Waals surface area contributed by atoms with E-state index in [9.17, 15) is 14.4 Å². The van der Waals surface area contributed by atoms with Gasteiger partial charge in [-0.2, -0.15) is 11.8 Å². The molecule has 1 aliphatic rings. The van der Waals surface area contributed by atoms with Gasteiger partial charge >= 0.3 is 0 Å². The number of nitrogens with one attached hydrogen (secondary N) is 2. The maximum absolute atomic E-state index is 13.2. The van der Waals surface area contributed by atoms with Gasteiger partial charge in [-0.05, 0) is 43.9 Å². The molecule has 1 aromatic rings. The summed E-state index contributed by atoms with van der Waals surface area (Å²) in [5.41, 5.74) is 1.57. The number of carbonyl (C=O) groups is 3. The summed E-state index contributed by atoms with van der Waals surface area (Å²) >= 11 is 1.65. The quantitative estimate of drug-likeness (QED) is 0.451. The van der Waals surface area contributed by atoms with Crippen molar-refractivity contribution in [1.29, 1.82) is 0 Å². The molecule has 1 aromatic carbocycles. The highest BCUT2D eigenvalue weighted by molar-refractivity contribution is 7.98. The maximum atomic E-state index is 13.2. The van der Waals surface area contributed by atoms with Crippen LogP contribution in [0.15, 0.2) is 24.3 Å². The normalized spacial score (nSPS) is 15.3. The topological polar surface area (TPSA) is 91.0 Å². The number of nitrogens with zero attached hydrogens (tertiary/aromatic N) is 2. The van der Waals surface area contributed by atoms with Crippen LogP contribution in [0.3, 0.4) is 0 Å². The van der Waals surface area contributed by atoms with Gasteiger partial charge in [0.15, 0.2) is 0 Å². The molecule has 0 bridgehead atoms. The van der Waals surface area contributed by atoms with Crippen LogP contribution in [0.2, 0.25) is 0 Å². The van der Waals surface area contributed by atoms with Gasteiger partial charge in [0.2, 0.25) is 11.8 Å². The molecule has 0 spiro atoms. The molecular formula is C23H36N4O4S. The zero-order valence-electron chi connectivity index (χ0n) is 19.4. The fourth-order valence-corrected chi connectivity index (χ4v) is 4.04. The molecule has 1 atom stereocenters. The summed E-state index contributed by atoms with van der Waals surface area (Å²) in [6.45, 7) is 5.86. The molecule has 8 nitrogen and oxygen atoms in total. The average molecular weight is 465 g/mol. The zero-order valence-corrected chi connectivity index (χ0v) is 20.2.